The number of hydrogen-bond acceptors (Lipinski definition) is 6. The molecule has 1 N–H and O–H groups in total. The Morgan fingerprint density at radius 2 is 2.04 bits per heavy atom. The Hall–Kier alpha value is -2.22. The van der Waals surface area contributed by atoms with E-state index in [1.54, 1.807) is 32.4 Å². The van der Waals surface area contributed by atoms with Crippen molar-refractivity contribution in [3.8, 4) is 11.5 Å². The topological polar surface area (TPSA) is 78.3 Å². The highest BCUT2D eigenvalue weighted by Gasteiger charge is 2.16. The Balaban J connectivity index is 2.03. The first-order chi connectivity index (χ1) is 12.0. The van der Waals surface area contributed by atoms with Gasteiger partial charge in [0.1, 0.15) is 17.3 Å². The molecule has 8 heteroatoms. The fourth-order valence-electron chi connectivity index (χ4n) is 2.38. The fourth-order valence-corrected chi connectivity index (χ4v) is 3.27. The number of carbonyl (C=O) groups excluding carboxylic acids is 1. The third-order valence-corrected chi connectivity index (χ3v) is 4.53. The van der Waals surface area contributed by atoms with Gasteiger partial charge in [-0.2, -0.15) is 0 Å². The molecule has 0 aliphatic carbocycles. The Morgan fingerprint density at radius 1 is 1.28 bits per heavy atom. The van der Waals surface area contributed by atoms with Crippen LogP contribution in [-0.2, 0) is 11.2 Å². The number of hydrogen-bond donors (Lipinski definition) is 1. The molecular formula is C17H24N4O3S. The quantitative estimate of drug-likeness (QED) is 0.725. The van der Waals surface area contributed by atoms with Gasteiger partial charge in [0.2, 0.25) is 5.91 Å². The Morgan fingerprint density at radius 3 is 2.64 bits per heavy atom. The van der Waals surface area contributed by atoms with Crippen molar-refractivity contribution < 1.29 is 14.3 Å². The Kier molecular flexibility index (Phi) is 6.69. The zero-order chi connectivity index (χ0) is 18.4. The van der Waals surface area contributed by atoms with E-state index in [1.165, 1.54) is 11.8 Å². The molecule has 1 aromatic carbocycles. The van der Waals surface area contributed by atoms with Crippen molar-refractivity contribution in [1.82, 2.24) is 14.8 Å². The van der Waals surface area contributed by atoms with Gasteiger partial charge in [-0.25, -0.2) is 0 Å². The van der Waals surface area contributed by atoms with Gasteiger partial charge in [0, 0.05) is 18.5 Å². The first-order valence-corrected chi connectivity index (χ1v) is 9.07. The van der Waals surface area contributed by atoms with Crippen molar-refractivity contribution in [2.45, 2.75) is 38.4 Å². The highest BCUT2D eigenvalue weighted by atomic mass is 32.2. The highest BCUT2D eigenvalue weighted by molar-refractivity contribution is 7.99. The number of amides is 1. The van der Waals surface area contributed by atoms with Crippen molar-refractivity contribution in [1.29, 1.82) is 0 Å². The summed E-state index contributed by atoms with van der Waals surface area (Å²) in [5.41, 5.74) is 0.605. The van der Waals surface area contributed by atoms with Gasteiger partial charge in [-0.15, -0.1) is 10.2 Å². The second-order valence-electron chi connectivity index (χ2n) is 5.62. The first kappa shape index (κ1) is 19.1. The monoisotopic (exact) mass is 364 g/mol. The predicted octanol–water partition coefficient (Wildman–Crippen LogP) is 3.17. The van der Waals surface area contributed by atoms with Crippen molar-refractivity contribution in [3.63, 3.8) is 0 Å². The molecule has 0 aliphatic rings. The number of benzene rings is 1. The first-order valence-electron chi connectivity index (χ1n) is 8.08. The van der Waals surface area contributed by atoms with Gasteiger partial charge < -0.3 is 19.4 Å². The smallest absolute Gasteiger partial charge is 0.234 e. The number of anilines is 1. The number of thioether (sulfide) groups is 1. The average Bonchev–Trinajstić information content (AvgIpc) is 3.03. The molecule has 25 heavy (non-hydrogen) atoms. The molecule has 0 fully saturated rings. The van der Waals surface area contributed by atoms with Crippen LogP contribution in [0.25, 0.3) is 0 Å². The Bertz CT molecular complexity index is 731. The van der Waals surface area contributed by atoms with Gasteiger partial charge in [-0.05, 0) is 26.0 Å². The van der Waals surface area contributed by atoms with Gasteiger partial charge in [-0.1, -0.05) is 18.7 Å². The minimum absolute atomic E-state index is 0.134. The maximum atomic E-state index is 12.3. The summed E-state index contributed by atoms with van der Waals surface area (Å²) in [5.74, 6) is 2.25. The molecule has 0 unspecified atom stereocenters. The minimum Gasteiger partial charge on any atom is -0.497 e. The van der Waals surface area contributed by atoms with Crippen molar-refractivity contribution in [2.75, 3.05) is 25.3 Å². The van der Waals surface area contributed by atoms with Crippen LogP contribution in [0.5, 0.6) is 11.5 Å². The molecule has 0 saturated heterocycles. The van der Waals surface area contributed by atoms with E-state index in [0.717, 1.165) is 17.4 Å². The summed E-state index contributed by atoms with van der Waals surface area (Å²) < 4.78 is 12.5. The van der Waals surface area contributed by atoms with Crippen molar-refractivity contribution in [3.05, 3.63) is 24.0 Å². The fraction of sp³-hybridized carbons (Fsp3) is 0.471. The molecule has 1 amide bonds. The molecular weight excluding hydrogens is 340 g/mol. The van der Waals surface area contributed by atoms with Crippen LogP contribution in [-0.4, -0.2) is 40.6 Å². The molecule has 1 aromatic heterocycles. The summed E-state index contributed by atoms with van der Waals surface area (Å²) in [7, 11) is 3.13. The average molecular weight is 364 g/mol. The van der Waals surface area contributed by atoms with Crippen LogP contribution >= 0.6 is 11.8 Å². The van der Waals surface area contributed by atoms with Gasteiger partial charge in [-0.3, -0.25) is 4.79 Å². The number of aromatic nitrogens is 3. The van der Waals surface area contributed by atoms with E-state index < -0.39 is 0 Å². The number of ether oxygens (including phenoxy) is 2. The van der Waals surface area contributed by atoms with E-state index in [-0.39, 0.29) is 17.7 Å². The highest BCUT2D eigenvalue weighted by Crippen LogP contribution is 2.29. The second-order valence-corrected chi connectivity index (χ2v) is 6.56. The lowest BCUT2D eigenvalue weighted by Gasteiger charge is -2.13. The minimum atomic E-state index is -0.134. The van der Waals surface area contributed by atoms with Crippen molar-refractivity contribution in [2.24, 2.45) is 0 Å². The SMILES string of the molecule is CCc1nnc(SCC(=O)Nc2ccc(OC)cc2OC)n1C(C)C. The lowest BCUT2D eigenvalue weighted by atomic mass is 10.2. The third kappa shape index (κ3) is 4.66. The molecule has 0 aliphatic heterocycles. The summed E-state index contributed by atoms with van der Waals surface area (Å²) in [5, 5.41) is 12.0. The van der Waals surface area contributed by atoms with Crippen LogP contribution in [0, 0.1) is 0 Å². The molecule has 0 atom stereocenters. The molecule has 2 aromatic rings. The van der Waals surface area contributed by atoms with Crippen LogP contribution in [0.1, 0.15) is 32.6 Å². The molecule has 1 heterocycles. The second kappa shape index (κ2) is 8.75. The van der Waals surface area contributed by atoms with E-state index in [2.05, 4.69) is 33.9 Å². The van der Waals surface area contributed by atoms with Gasteiger partial charge in [0.25, 0.3) is 0 Å². The van der Waals surface area contributed by atoms with Gasteiger partial charge in [0.05, 0.1) is 25.7 Å². The lowest BCUT2D eigenvalue weighted by Crippen LogP contribution is -2.15. The van der Waals surface area contributed by atoms with Crippen molar-refractivity contribution >= 4 is 23.4 Å². The molecule has 0 spiro atoms. The summed E-state index contributed by atoms with van der Waals surface area (Å²) in [6.45, 7) is 6.20. The van der Waals surface area contributed by atoms with Crippen LogP contribution in [0.4, 0.5) is 5.69 Å². The van der Waals surface area contributed by atoms with Gasteiger partial charge >= 0.3 is 0 Å². The van der Waals surface area contributed by atoms with E-state index in [9.17, 15) is 4.79 Å². The van der Waals surface area contributed by atoms with E-state index in [0.29, 0.717) is 17.2 Å². The normalized spacial score (nSPS) is 10.8. The third-order valence-electron chi connectivity index (χ3n) is 3.58. The Labute approximate surface area is 152 Å². The number of carbonyl (C=O) groups is 1. The maximum absolute atomic E-state index is 12.3. The summed E-state index contributed by atoms with van der Waals surface area (Å²) in [4.78, 5) is 12.3. The number of aryl methyl sites for hydroxylation is 1. The number of methoxy groups -OCH3 is 2. The molecule has 0 saturated carbocycles. The number of nitrogens with one attached hydrogen (secondary N) is 1. The van der Waals surface area contributed by atoms with Crippen LogP contribution < -0.4 is 14.8 Å². The largest absolute Gasteiger partial charge is 0.497 e. The molecule has 0 radical (unpaired) electrons. The van der Waals surface area contributed by atoms with E-state index in [4.69, 9.17) is 9.47 Å². The van der Waals surface area contributed by atoms with Gasteiger partial charge in [0.15, 0.2) is 5.16 Å². The standard InChI is InChI=1S/C17H24N4O3S/c1-6-15-19-20-17(21(15)11(2)3)25-10-16(22)18-13-8-7-12(23-4)9-14(13)24-5/h7-9,11H,6,10H2,1-5H3,(H,18,22). The zero-order valence-corrected chi connectivity index (χ0v) is 16.0. The summed E-state index contributed by atoms with van der Waals surface area (Å²) >= 11 is 1.37. The molecule has 7 nitrogen and oxygen atoms in total. The summed E-state index contributed by atoms with van der Waals surface area (Å²) in [6.07, 6.45) is 0.807. The summed E-state index contributed by atoms with van der Waals surface area (Å²) in [6, 6.07) is 5.50. The number of nitrogens with zero attached hydrogens (tertiary/aromatic N) is 3. The van der Waals surface area contributed by atoms with Crippen LogP contribution in [0.15, 0.2) is 23.4 Å². The zero-order valence-electron chi connectivity index (χ0n) is 15.2. The lowest BCUT2D eigenvalue weighted by molar-refractivity contribution is -0.113. The maximum Gasteiger partial charge on any atom is 0.234 e. The van der Waals surface area contributed by atoms with E-state index >= 15 is 0 Å². The number of rotatable bonds is 8. The van der Waals surface area contributed by atoms with Crippen LogP contribution in [0.3, 0.4) is 0 Å². The molecule has 2 rings (SSSR count). The molecule has 0 bridgehead atoms. The predicted molar refractivity (Wildman–Crippen MR) is 98.7 cm³/mol. The van der Waals surface area contributed by atoms with E-state index in [1.807, 2.05) is 6.92 Å². The van der Waals surface area contributed by atoms with Crippen LogP contribution in [0.2, 0.25) is 0 Å². The molecule has 136 valence electrons.